The Morgan fingerprint density at radius 2 is 1.77 bits per heavy atom. The lowest BCUT2D eigenvalue weighted by Gasteiger charge is -2.22. The van der Waals surface area contributed by atoms with E-state index in [1.165, 1.54) is 34.7 Å². The van der Waals surface area contributed by atoms with E-state index in [1.54, 1.807) is 6.07 Å². The van der Waals surface area contributed by atoms with Crippen molar-refractivity contribution in [3.05, 3.63) is 71.5 Å². The number of carbonyl (C=O) groups is 1. The molecule has 3 aromatic carbocycles. The van der Waals surface area contributed by atoms with Gasteiger partial charge in [-0.25, -0.2) is 12.8 Å². The second-order valence-electron chi connectivity index (χ2n) is 7.55. The van der Waals surface area contributed by atoms with Crippen LogP contribution in [-0.2, 0) is 27.7 Å². The molecule has 5 nitrogen and oxygen atoms in total. The highest BCUT2D eigenvalue weighted by Crippen LogP contribution is 2.35. The second kappa shape index (κ2) is 8.07. The number of amides is 1. The van der Waals surface area contributed by atoms with E-state index in [9.17, 15) is 17.6 Å². The van der Waals surface area contributed by atoms with Gasteiger partial charge in [-0.2, -0.15) is 0 Å². The van der Waals surface area contributed by atoms with Gasteiger partial charge < -0.3 is 5.32 Å². The Balaban J connectivity index is 1.44. The number of nitrogens with one attached hydrogen (secondary N) is 1. The van der Waals surface area contributed by atoms with E-state index in [2.05, 4.69) is 17.4 Å². The van der Waals surface area contributed by atoms with E-state index in [1.807, 2.05) is 18.2 Å². The van der Waals surface area contributed by atoms with E-state index < -0.39 is 15.8 Å². The maximum absolute atomic E-state index is 14.1. The molecule has 0 radical (unpaired) electrons. The molecule has 1 N–H and O–H groups in total. The summed E-state index contributed by atoms with van der Waals surface area (Å²) < 4.78 is 39.3. The quantitative estimate of drug-likeness (QED) is 0.614. The smallest absolute Gasteiger partial charge is 0.232 e. The van der Waals surface area contributed by atoms with Gasteiger partial charge >= 0.3 is 0 Å². The highest BCUT2D eigenvalue weighted by molar-refractivity contribution is 7.92. The van der Waals surface area contributed by atoms with Crippen LogP contribution in [0.2, 0.25) is 0 Å². The minimum atomic E-state index is -3.67. The molecule has 0 atom stereocenters. The Kier molecular flexibility index (Phi) is 5.47. The standard InChI is InChI=1S/C23H23FN2O3S/c1-30(28,29)26(21-9-3-2-8-19(21)24)15-5-10-22(27)25-20-14-13-17-12-11-16-6-4-7-18(20)23(16)17/h2-4,6-9,13-14H,5,10-12,15H2,1H3,(H,25,27). The molecule has 1 amide bonds. The Bertz CT molecular complexity index is 1210. The molecule has 0 aromatic heterocycles. The van der Waals surface area contributed by atoms with Crippen LogP contribution in [0.3, 0.4) is 0 Å². The molecule has 0 heterocycles. The second-order valence-corrected chi connectivity index (χ2v) is 9.46. The van der Waals surface area contributed by atoms with E-state index in [4.69, 9.17) is 0 Å². The molecule has 0 bridgehead atoms. The molecule has 30 heavy (non-hydrogen) atoms. The predicted octanol–water partition coefficient (Wildman–Crippen LogP) is 4.26. The van der Waals surface area contributed by atoms with Gasteiger partial charge in [-0.15, -0.1) is 0 Å². The summed E-state index contributed by atoms with van der Waals surface area (Å²) in [6.45, 7) is 0.0248. The monoisotopic (exact) mass is 426 g/mol. The van der Waals surface area contributed by atoms with Gasteiger partial charge in [0.15, 0.2) is 0 Å². The van der Waals surface area contributed by atoms with E-state index in [0.717, 1.165) is 34.5 Å². The number of carbonyl (C=O) groups excluding carboxylic acids is 1. The summed E-state index contributed by atoms with van der Waals surface area (Å²) in [6, 6.07) is 15.8. The maximum Gasteiger partial charge on any atom is 0.232 e. The molecular weight excluding hydrogens is 403 g/mol. The highest BCUT2D eigenvalue weighted by atomic mass is 32.2. The minimum absolute atomic E-state index is 0.00656. The molecule has 0 aliphatic heterocycles. The molecule has 0 spiro atoms. The fourth-order valence-corrected chi connectivity index (χ4v) is 5.04. The molecule has 0 saturated carbocycles. The SMILES string of the molecule is CS(=O)(=O)N(CCCC(=O)Nc1ccc2c3c(cccc13)CC2)c1ccccc1F. The summed E-state index contributed by atoms with van der Waals surface area (Å²) in [7, 11) is -3.67. The summed E-state index contributed by atoms with van der Waals surface area (Å²) in [5, 5.41) is 5.20. The summed E-state index contributed by atoms with van der Waals surface area (Å²) in [5.41, 5.74) is 3.35. The number of anilines is 2. The van der Waals surface area contributed by atoms with Crippen molar-refractivity contribution >= 4 is 38.1 Å². The zero-order valence-corrected chi connectivity index (χ0v) is 17.5. The van der Waals surface area contributed by atoms with Crippen LogP contribution in [0.25, 0.3) is 10.8 Å². The number of aryl methyl sites for hydroxylation is 2. The van der Waals surface area contributed by atoms with E-state index in [0.29, 0.717) is 0 Å². The van der Waals surface area contributed by atoms with Crippen LogP contribution in [0.1, 0.15) is 24.0 Å². The zero-order chi connectivity index (χ0) is 21.3. The van der Waals surface area contributed by atoms with Crippen molar-refractivity contribution in [1.29, 1.82) is 0 Å². The number of halogens is 1. The van der Waals surface area contributed by atoms with Gasteiger partial charge in [-0.3, -0.25) is 9.10 Å². The Morgan fingerprint density at radius 3 is 2.50 bits per heavy atom. The third-order valence-electron chi connectivity index (χ3n) is 5.44. The molecular formula is C23H23FN2O3S. The number of para-hydroxylation sites is 1. The Hall–Kier alpha value is -2.93. The van der Waals surface area contributed by atoms with Crippen LogP contribution in [0.5, 0.6) is 0 Å². The lowest BCUT2D eigenvalue weighted by atomic mass is 10.0. The maximum atomic E-state index is 14.1. The first-order valence-electron chi connectivity index (χ1n) is 9.90. The molecule has 0 saturated heterocycles. The van der Waals surface area contributed by atoms with Gasteiger partial charge in [0.2, 0.25) is 15.9 Å². The lowest BCUT2D eigenvalue weighted by molar-refractivity contribution is -0.116. The number of benzene rings is 3. The van der Waals surface area contributed by atoms with Gasteiger partial charge in [-0.1, -0.05) is 36.4 Å². The summed E-state index contributed by atoms with van der Waals surface area (Å²) in [6.07, 6.45) is 3.47. The molecule has 156 valence electrons. The molecule has 7 heteroatoms. The van der Waals surface area contributed by atoms with Crippen molar-refractivity contribution in [2.45, 2.75) is 25.7 Å². The van der Waals surface area contributed by atoms with Crippen molar-refractivity contribution in [3.63, 3.8) is 0 Å². The minimum Gasteiger partial charge on any atom is -0.326 e. The van der Waals surface area contributed by atoms with Gasteiger partial charge in [0, 0.05) is 24.0 Å². The third-order valence-corrected chi connectivity index (χ3v) is 6.62. The highest BCUT2D eigenvalue weighted by Gasteiger charge is 2.21. The van der Waals surface area contributed by atoms with Crippen molar-refractivity contribution in [2.24, 2.45) is 0 Å². The molecule has 0 unspecified atom stereocenters. The number of hydrogen-bond donors (Lipinski definition) is 1. The topological polar surface area (TPSA) is 66.5 Å². The van der Waals surface area contributed by atoms with Crippen LogP contribution in [0.15, 0.2) is 54.6 Å². The largest absolute Gasteiger partial charge is 0.326 e. The van der Waals surface area contributed by atoms with Gasteiger partial charge in [-0.05, 0) is 54.0 Å². The first-order chi connectivity index (χ1) is 14.3. The van der Waals surface area contributed by atoms with Gasteiger partial charge in [0.1, 0.15) is 5.82 Å². The normalized spacial score (nSPS) is 12.9. The summed E-state index contributed by atoms with van der Waals surface area (Å²) in [4.78, 5) is 12.5. The van der Waals surface area contributed by atoms with Crippen LogP contribution >= 0.6 is 0 Å². The molecule has 3 aromatic rings. The van der Waals surface area contributed by atoms with E-state index in [-0.39, 0.29) is 31.0 Å². The lowest BCUT2D eigenvalue weighted by Crippen LogP contribution is -2.32. The van der Waals surface area contributed by atoms with Crippen molar-refractivity contribution in [3.8, 4) is 0 Å². The Labute approximate surface area is 175 Å². The van der Waals surface area contributed by atoms with Crippen LogP contribution < -0.4 is 9.62 Å². The van der Waals surface area contributed by atoms with Crippen LogP contribution in [0, 0.1) is 5.82 Å². The molecule has 1 aliphatic rings. The molecule has 1 aliphatic carbocycles. The molecule has 4 rings (SSSR count). The first kappa shape index (κ1) is 20.3. The van der Waals surface area contributed by atoms with Crippen LogP contribution in [-0.4, -0.2) is 27.1 Å². The van der Waals surface area contributed by atoms with Crippen molar-refractivity contribution in [2.75, 3.05) is 22.4 Å². The van der Waals surface area contributed by atoms with Crippen molar-refractivity contribution in [1.82, 2.24) is 0 Å². The fourth-order valence-electron chi connectivity index (χ4n) is 4.07. The average molecular weight is 427 g/mol. The molecule has 0 fully saturated rings. The number of sulfonamides is 1. The average Bonchev–Trinajstić information content (AvgIpc) is 3.12. The van der Waals surface area contributed by atoms with Gasteiger partial charge in [0.05, 0.1) is 11.9 Å². The number of nitrogens with zero attached hydrogens (tertiary/aromatic N) is 1. The Morgan fingerprint density at radius 1 is 1.03 bits per heavy atom. The third kappa shape index (κ3) is 4.03. The predicted molar refractivity (Wildman–Crippen MR) is 118 cm³/mol. The van der Waals surface area contributed by atoms with Gasteiger partial charge in [0.25, 0.3) is 0 Å². The summed E-state index contributed by atoms with van der Waals surface area (Å²) in [5.74, 6) is -0.809. The van der Waals surface area contributed by atoms with Crippen LogP contribution in [0.4, 0.5) is 15.8 Å². The summed E-state index contributed by atoms with van der Waals surface area (Å²) >= 11 is 0. The van der Waals surface area contributed by atoms with E-state index >= 15 is 0 Å². The number of rotatable bonds is 7. The fraction of sp³-hybridized carbons (Fsp3) is 0.261. The first-order valence-corrected chi connectivity index (χ1v) is 11.7. The van der Waals surface area contributed by atoms with Crippen molar-refractivity contribution < 1.29 is 17.6 Å². The number of hydrogen-bond acceptors (Lipinski definition) is 3. The zero-order valence-electron chi connectivity index (χ0n) is 16.7.